The van der Waals surface area contributed by atoms with Crippen LogP contribution < -0.4 is 0 Å². The van der Waals surface area contributed by atoms with Gasteiger partial charge in [0.1, 0.15) is 0 Å². The molecule has 10 heavy (non-hydrogen) atoms. The van der Waals surface area contributed by atoms with Crippen molar-refractivity contribution in [2.75, 3.05) is 0 Å². The largest absolute Gasteiger partial charge is 0.0744 e. The van der Waals surface area contributed by atoms with Crippen LogP contribution in [-0.4, -0.2) is 0 Å². The van der Waals surface area contributed by atoms with Crippen molar-refractivity contribution in [2.24, 2.45) is 5.92 Å². The predicted octanol–water partition coefficient (Wildman–Crippen LogP) is 3.53. The molecule has 1 rings (SSSR count). The Balaban J connectivity index is 2.61. The summed E-state index contributed by atoms with van der Waals surface area (Å²) in [5, 5.41) is 0. The second-order valence-corrected chi connectivity index (χ2v) is 3.76. The second-order valence-electron chi connectivity index (χ2n) is 3.76. The maximum Gasteiger partial charge on any atom is -0.0295 e. The highest BCUT2D eigenvalue weighted by atomic mass is 14.1. The summed E-state index contributed by atoms with van der Waals surface area (Å²) >= 11 is 0. The molecule has 0 heterocycles. The minimum absolute atomic E-state index is 0.928. The van der Waals surface area contributed by atoms with E-state index in [2.05, 4.69) is 20.8 Å². The topological polar surface area (TPSA) is 0 Å². The van der Waals surface area contributed by atoms with Gasteiger partial charge in [-0.05, 0) is 39.0 Å². The highest BCUT2D eigenvalue weighted by molar-refractivity contribution is 5.11. The lowest BCUT2D eigenvalue weighted by Crippen LogP contribution is -1.91. The van der Waals surface area contributed by atoms with E-state index in [1.807, 2.05) is 0 Å². The maximum absolute atomic E-state index is 2.36. The summed E-state index contributed by atoms with van der Waals surface area (Å²) in [6.45, 7) is 6.94. The predicted molar refractivity (Wildman–Crippen MR) is 46.0 cm³/mol. The van der Waals surface area contributed by atoms with Crippen LogP contribution in [0.4, 0.5) is 0 Å². The van der Waals surface area contributed by atoms with Crippen molar-refractivity contribution >= 4 is 0 Å². The number of hydrogen-bond acceptors (Lipinski definition) is 0. The van der Waals surface area contributed by atoms with Crippen LogP contribution >= 0.6 is 0 Å². The molecule has 0 heteroatoms. The molecule has 0 amide bonds. The van der Waals surface area contributed by atoms with E-state index >= 15 is 0 Å². The van der Waals surface area contributed by atoms with Crippen LogP contribution in [0.5, 0.6) is 0 Å². The van der Waals surface area contributed by atoms with Crippen molar-refractivity contribution in [1.29, 1.82) is 0 Å². The van der Waals surface area contributed by atoms with Crippen molar-refractivity contribution in [3.63, 3.8) is 0 Å². The molecule has 0 N–H and O–H groups in total. The van der Waals surface area contributed by atoms with Crippen LogP contribution in [0, 0.1) is 5.92 Å². The number of hydrogen-bond donors (Lipinski definition) is 0. The number of rotatable bonds is 0. The van der Waals surface area contributed by atoms with Crippen LogP contribution in [0.25, 0.3) is 0 Å². The average Bonchev–Trinajstić information content (AvgIpc) is 1.96. The Morgan fingerprint density at radius 3 is 2.60 bits per heavy atom. The third-order valence-electron chi connectivity index (χ3n) is 2.63. The molecule has 0 aromatic rings. The van der Waals surface area contributed by atoms with Crippen molar-refractivity contribution in [2.45, 2.75) is 46.5 Å². The van der Waals surface area contributed by atoms with Crippen LogP contribution in [0.15, 0.2) is 11.1 Å². The van der Waals surface area contributed by atoms with Gasteiger partial charge in [0.15, 0.2) is 0 Å². The Kier molecular flexibility index (Phi) is 2.53. The van der Waals surface area contributed by atoms with Gasteiger partial charge in [0.25, 0.3) is 0 Å². The molecule has 0 saturated carbocycles. The lowest BCUT2D eigenvalue weighted by Gasteiger charge is -2.06. The van der Waals surface area contributed by atoms with E-state index in [4.69, 9.17) is 0 Å². The molecule has 1 unspecified atom stereocenters. The normalized spacial score (nSPS) is 28.5. The lowest BCUT2D eigenvalue weighted by molar-refractivity contribution is 0.523. The molecular weight excluding hydrogens is 120 g/mol. The average molecular weight is 138 g/mol. The van der Waals surface area contributed by atoms with Crippen LogP contribution in [0.1, 0.15) is 46.5 Å². The molecule has 1 atom stereocenters. The summed E-state index contributed by atoms with van der Waals surface area (Å²) in [5.41, 5.74) is 3.29. The van der Waals surface area contributed by atoms with Gasteiger partial charge in [-0.3, -0.25) is 0 Å². The zero-order valence-electron chi connectivity index (χ0n) is 7.41. The fraction of sp³-hybridized carbons (Fsp3) is 0.800. The quantitative estimate of drug-likeness (QED) is 0.449. The Morgan fingerprint density at radius 2 is 1.90 bits per heavy atom. The van der Waals surface area contributed by atoms with Crippen LogP contribution in [0.2, 0.25) is 0 Å². The zero-order chi connectivity index (χ0) is 7.56. The van der Waals surface area contributed by atoms with E-state index in [1.165, 1.54) is 25.7 Å². The number of allylic oxidation sites excluding steroid dienone is 2. The first-order valence-electron chi connectivity index (χ1n) is 4.35. The smallest absolute Gasteiger partial charge is 0.0295 e. The molecule has 0 aliphatic heterocycles. The first-order valence-corrected chi connectivity index (χ1v) is 4.35. The van der Waals surface area contributed by atoms with Crippen molar-refractivity contribution in [3.05, 3.63) is 11.1 Å². The third-order valence-corrected chi connectivity index (χ3v) is 2.63. The van der Waals surface area contributed by atoms with E-state index < -0.39 is 0 Å². The molecule has 0 saturated heterocycles. The summed E-state index contributed by atoms with van der Waals surface area (Å²) in [7, 11) is 0. The molecule has 0 nitrogen and oxygen atoms in total. The SMILES string of the molecule is CC1=C(C)CC(C)CCC1. The van der Waals surface area contributed by atoms with Gasteiger partial charge in [-0.25, -0.2) is 0 Å². The molecule has 0 bridgehead atoms. The van der Waals surface area contributed by atoms with Gasteiger partial charge in [0.05, 0.1) is 0 Å². The molecule has 0 spiro atoms. The van der Waals surface area contributed by atoms with Crippen LogP contribution in [0.3, 0.4) is 0 Å². The van der Waals surface area contributed by atoms with Crippen molar-refractivity contribution in [1.82, 2.24) is 0 Å². The maximum atomic E-state index is 2.36. The summed E-state index contributed by atoms with van der Waals surface area (Å²) in [6.07, 6.45) is 5.51. The van der Waals surface area contributed by atoms with Crippen molar-refractivity contribution in [3.8, 4) is 0 Å². The van der Waals surface area contributed by atoms with Gasteiger partial charge >= 0.3 is 0 Å². The summed E-state index contributed by atoms with van der Waals surface area (Å²) in [4.78, 5) is 0. The van der Waals surface area contributed by atoms with E-state index in [0.717, 1.165) is 5.92 Å². The summed E-state index contributed by atoms with van der Waals surface area (Å²) in [5.74, 6) is 0.928. The summed E-state index contributed by atoms with van der Waals surface area (Å²) in [6, 6.07) is 0. The molecule has 58 valence electrons. The minimum Gasteiger partial charge on any atom is -0.0744 e. The second kappa shape index (κ2) is 3.23. The van der Waals surface area contributed by atoms with Gasteiger partial charge < -0.3 is 0 Å². The fourth-order valence-electron chi connectivity index (χ4n) is 1.73. The first-order chi connectivity index (χ1) is 4.70. The van der Waals surface area contributed by atoms with Gasteiger partial charge in [-0.2, -0.15) is 0 Å². The van der Waals surface area contributed by atoms with Gasteiger partial charge in [-0.15, -0.1) is 0 Å². The molecule has 0 aromatic carbocycles. The Labute approximate surface area is 64.3 Å². The Bertz CT molecular complexity index is 142. The van der Waals surface area contributed by atoms with Crippen molar-refractivity contribution < 1.29 is 0 Å². The lowest BCUT2D eigenvalue weighted by atomic mass is 10.00. The van der Waals surface area contributed by atoms with Gasteiger partial charge in [0, 0.05) is 0 Å². The van der Waals surface area contributed by atoms with Gasteiger partial charge in [0.2, 0.25) is 0 Å². The standard InChI is InChI=1S/C10H18/c1-8-5-4-6-9(2)10(3)7-8/h8H,4-7H2,1-3H3. The molecule has 0 aromatic heterocycles. The Morgan fingerprint density at radius 1 is 1.20 bits per heavy atom. The first kappa shape index (κ1) is 7.84. The highest BCUT2D eigenvalue weighted by Gasteiger charge is 2.09. The monoisotopic (exact) mass is 138 g/mol. The van der Waals surface area contributed by atoms with E-state index in [-0.39, 0.29) is 0 Å². The molecule has 0 radical (unpaired) electrons. The van der Waals surface area contributed by atoms with Crippen LogP contribution in [-0.2, 0) is 0 Å². The molecule has 1 aliphatic rings. The minimum atomic E-state index is 0.928. The molecule has 1 aliphatic carbocycles. The van der Waals surface area contributed by atoms with E-state index in [1.54, 1.807) is 11.1 Å². The molecular formula is C10H18. The highest BCUT2D eigenvalue weighted by Crippen LogP contribution is 2.26. The summed E-state index contributed by atoms with van der Waals surface area (Å²) < 4.78 is 0. The Hall–Kier alpha value is -0.260. The zero-order valence-corrected chi connectivity index (χ0v) is 7.41. The molecule has 0 fully saturated rings. The van der Waals surface area contributed by atoms with Gasteiger partial charge in [-0.1, -0.05) is 24.5 Å². The van der Waals surface area contributed by atoms with E-state index in [9.17, 15) is 0 Å². The van der Waals surface area contributed by atoms with E-state index in [0.29, 0.717) is 0 Å². The fourth-order valence-corrected chi connectivity index (χ4v) is 1.73. The third kappa shape index (κ3) is 1.86.